The summed E-state index contributed by atoms with van der Waals surface area (Å²) < 4.78 is 5.75. The van der Waals surface area contributed by atoms with Crippen LogP contribution in [0.1, 0.15) is 0 Å². The molecule has 5 aromatic carbocycles. The van der Waals surface area contributed by atoms with Crippen molar-refractivity contribution in [3.8, 4) is 39.6 Å². The van der Waals surface area contributed by atoms with Crippen molar-refractivity contribution in [3.63, 3.8) is 0 Å². The van der Waals surface area contributed by atoms with Gasteiger partial charge in [0.15, 0.2) is 5.82 Å². The second-order valence-corrected chi connectivity index (χ2v) is 10.8. The smallest absolute Gasteiger partial charge is 0.160 e. The molecule has 0 spiro atoms. The molecule has 0 unspecified atom stereocenters. The molecule has 0 saturated heterocycles. The van der Waals surface area contributed by atoms with Crippen LogP contribution in [0.2, 0.25) is 0 Å². The van der Waals surface area contributed by atoms with Crippen molar-refractivity contribution < 1.29 is 0 Å². The van der Waals surface area contributed by atoms with Crippen LogP contribution in [0.5, 0.6) is 0 Å². The highest BCUT2D eigenvalue weighted by Gasteiger charge is 2.19. The average molecular weight is 592 g/mol. The lowest BCUT2D eigenvalue weighted by Crippen LogP contribution is -1.97. The van der Waals surface area contributed by atoms with Gasteiger partial charge in [-0.15, -0.1) is 0 Å². The van der Waals surface area contributed by atoms with Gasteiger partial charge in [0.05, 0.1) is 32.4 Å². The second kappa shape index (κ2) is 9.58. The first-order valence-corrected chi connectivity index (χ1v) is 14.3. The molecule has 0 radical (unpaired) electrons. The van der Waals surface area contributed by atoms with Crippen LogP contribution in [0.3, 0.4) is 0 Å². The van der Waals surface area contributed by atoms with Crippen molar-refractivity contribution in [1.82, 2.24) is 18.9 Å². The van der Waals surface area contributed by atoms with E-state index in [-0.39, 0.29) is 0 Å². The van der Waals surface area contributed by atoms with Crippen LogP contribution in [0, 0.1) is 0 Å². The lowest BCUT2D eigenvalue weighted by atomic mass is 10.1. The van der Waals surface area contributed by atoms with E-state index in [1.807, 2.05) is 36.4 Å². The van der Waals surface area contributed by atoms with E-state index in [0.29, 0.717) is 5.82 Å². The summed E-state index contributed by atoms with van der Waals surface area (Å²) in [4.78, 5) is 9.94. The molecule has 194 valence electrons. The third kappa shape index (κ3) is 3.89. The third-order valence-electron chi connectivity index (χ3n) is 7.61. The normalized spacial score (nSPS) is 11.5. The monoisotopic (exact) mass is 590 g/mol. The molecule has 0 N–H and O–H groups in total. The van der Waals surface area contributed by atoms with E-state index in [2.05, 4.69) is 128 Å². The zero-order chi connectivity index (χ0) is 27.3. The van der Waals surface area contributed by atoms with Gasteiger partial charge in [0.1, 0.15) is 5.65 Å². The lowest BCUT2D eigenvalue weighted by Gasteiger charge is -2.11. The van der Waals surface area contributed by atoms with Gasteiger partial charge in [-0.2, -0.15) is 0 Å². The molecule has 8 rings (SSSR count). The van der Waals surface area contributed by atoms with Crippen LogP contribution in [-0.2, 0) is 0 Å². The molecule has 0 fully saturated rings. The molecule has 0 amide bonds. The Morgan fingerprint density at radius 2 is 1.02 bits per heavy atom. The number of halogens is 1. The fraction of sp³-hybridized carbons (Fsp3) is 0. The second-order valence-electron chi connectivity index (χ2n) is 10.1. The van der Waals surface area contributed by atoms with Gasteiger partial charge in [0, 0.05) is 27.8 Å². The third-order valence-corrected chi connectivity index (χ3v) is 8.40. The van der Waals surface area contributed by atoms with Gasteiger partial charge < -0.3 is 0 Å². The molecule has 0 atom stereocenters. The summed E-state index contributed by atoms with van der Waals surface area (Å²) >= 11 is 3.93. The summed E-state index contributed by atoms with van der Waals surface area (Å²) in [5.74, 6) is 0.716. The highest BCUT2D eigenvalue weighted by molar-refractivity contribution is 9.10. The molecule has 0 aliphatic heterocycles. The Morgan fingerprint density at radius 1 is 0.488 bits per heavy atom. The van der Waals surface area contributed by atoms with Crippen molar-refractivity contribution in [2.24, 2.45) is 0 Å². The minimum absolute atomic E-state index is 0.716. The number of benzene rings is 5. The van der Waals surface area contributed by atoms with Gasteiger partial charge in [-0.3, -0.25) is 8.97 Å². The highest BCUT2D eigenvalue weighted by atomic mass is 79.9. The average Bonchev–Trinajstić information content (AvgIpc) is 3.54. The first-order valence-electron chi connectivity index (χ1n) is 13.5. The van der Waals surface area contributed by atoms with Crippen molar-refractivity contribution in [3.05, 3.63) is 144 Å². The van der Waals surface area contributed by atoms with Gasteiger partial charge in [0.2, 0.25) is 0 Å². The Labute approximate surface area is 245 Å². The van der Waals surface area contributed by atoms with E-state index in [9.17, 15) is 0 Å². The molecule has 0 saturated carbocycles. The summed E-state index contributed by atoms with van der Waals surface area (Å²) in [6, 6.07) is 48.3. The van der Waals surface area contributed by atoms with E-state index >= 15 is 0 Å². The largest absolute Gasteiger partial charge is 0.293 e. The van der Waals surface area contributed by atoms with Crippen molar-refractivity contribution in [2.75, 3.05) is 0 Å². The molecular weight excluding hydrogens is 568 g/mol. The van der Waals surface area contributed by atoms with E-state index in [1.165, 1.54) is 16.4 Å². The summed E-state index contributed by atoms with van der Waals surface area (Å²) in [6.07, 6.45) is 0. The maximum absolute atomic E-state index is 5.01. The standard InChI is InChI=1S/C36H23BrN4/c37-34-28-15-7-8-16-31(28)41-33-18-10-9-17-32(33)40(36(34)41)27-21-19-25(20-22-27)30-23-29(24-11-3-1-4-12-24)38-35(39-30)26-13-5-2-6-14-26/h1-23H. The molecule has 8 aromatic rings. The van der Waals surface area contributed by atoms with E-state index in [1.54, 1.807) is 0 Å². The maximum Gasteiger partial charge on any atom is 0.160 e. The first-order chi connectivity index (χ1) is 20.3. The molecule has 0 aliphatic carbocycles. The molecule has 41 heavy (non-hydrogen) atoms. The van der Waals surface area contributed by atoms with Gasteiger partial charge in [-0.25, -0.2) is 9.97 Å². The van der Waals surface area contributed by atoms with Crippen molar-refractivity contribution in [1.29, 1.82) is 0 Å². The summed E-state index contributed by atoms with van der Waals surface area (Å²) in [5.41, 5.74) is 10.6. The highest BCUT2D eigenvalue weighted by Crippen LogP contribution is 2.38. The zero-order valence-corrected chi connectivity index (χ0v) is 23.5. The Balaban J connectivity index is 1.30. The molecular formula is C36H23BrN4. The van der Waals surface area contributed by atoms with Crippen LogP contribution in [-0.4, -0.2) is 18.9 Å². The number of para-hydroxylation sites is 3. The van der Waals surface area contributed by atoms with Crippen LogP contribution < -0.4 is 0 Å². The van der Waals surface area contributed by atoms with Gasteiger partial charge >= 0.3 is 0 Å². The van der Waals surface area contributed by atoms with Crippen LogP contribution in [0.25, 0.3) is 67.2 Å². The van der Waals surface area contributed by atoms with Gasteiger partial charge in [-0.05, 0) is 52.3 Å². The van der Waals surface area contributed by atoms with Crippen LogP contribution >= 0.6 is 15.9 Å². The van der Waals surface area contributed by atoms with Crippen LogP contribution in [0.15, 0.2) is 144 Å². The Hall–Kier alpha value is -5.00. The number of hydrogen-bond acceptors (Lipinski definition) is 2. The topological polar surface area (TPSA) is 35.1 Å². The summed E-state index contributed by atoms with van der Waals surface area (Å²) in [5, 5.41) is 1.20. The van der Waals surface area contributed by atoms with Crippen molar-refractivity contribution >= 4 is 43.5 Å². The maximum atomic E-state index is 5.01. The molecule has 0 bridgehead atoms. The van der Waals surface area contributed by atoms with E-state index < -0.39 is 0 Å². The minimum atomic E-state index is 0.716. The molecule has 4 nitrogen and oxygen atoms in total. The number of rotatable bonds is 4. The predicted octanol–water partition coefficient (Wildman–Crippen LogP) is 9.59. The SMILES string of the molecule is Brc1c2ccccc2n2c3ccccc3n(-c3ccc(-c4cc(-c5ccccc5)nc(-c5ccccc5)n4)cc3)c12. The van der Waals surface area contributed by atoms with Crippen molar-refractivity contribution in [2.45, 2.75) is 0 Å². The Morgan fingerprint density at radius 3 is 1.71 bits per heavy atom. The molecule has 0 aliphatic rings. The fourth-order valence-electron chi connectivity index (χ4n) is 5.70. The van der Waals surface area contributed by atoms with Gasteiger partial charge in [-0.1, -0.05) is 103 Å². The number of nitrogens with zero attached hydrogens (tertiary/aromatic N) is 4. The summed E-state index contributed by atoms with van der Waals surface area (Å²) in [7, 11) is 0. The number of fused-ring (bicyclic) bond motifs is 5. The Bertz CT molecular complexity index is 2140. The number of imidazole rings is 1. The molecule has 3 aromatic heterocycles. The van der Waals surface area contributed by atoms with Crippen LogP contribution in [0.4, 0.5) is 0 Å². The zero-order valence-electron chi connectivity index (χ0n) is 21.9. The fourth-order valence-corrected chi connectivity index (χ4v) is 6.39. The summed E-state index contributed by atoms with van der Waals surface area (Å²) in [6.45, 7) is 0. The Kier molecular flexibility index (Phi) is 5.57. The lowest BCUT2D eigenvalue weighted by molar-refractivity contribution is 1.14. The quantitative estimate of drug-likeness (QED) is 0.204. The molecule has 5 heteroatoms. The predicted molar refractivity (Wildman–Crippen MR) is 171 cm³/mol. The first kappa shape index (κ1) is 23.9. The molecule has 3 heterocycles. The number of hydrogen-bond donors (Lipinski definition) is 0. The van der Waals surface area contributed by atoms with E-state index in [0.717, 1.165) is 49.4 Å². The van der Waals surface area contributed by atoms with E-state index in [4.69, 9.17) is 9.97 Å². The van der Waals surface area contributed by atoms with Gasteiger partial charge in [0.25, 0.3) is 0 Å². The minimum Gasteiger partial charge on any atom is -0.293 e. The number of aromatic nitrogens is 4.